The van der Waals surface area contributed by atoms with Crippen molar-refractivity contribution in [3.63, 3.8) is 0 Å². The number of hydrogen-bond donors (Lipinski definition) is 2. The normalized spacial score (nSPS) is 24.8. The first kappa shape index (κ1) is 21.7. The van der Waals surface area contributed by atoms with Gasteiger partial charge in [-0.3, -0.25) is 14.5 Å². The highest BCUT2D eigenvalue weighted by atomic mass is 19.1. The molecule has 2 N–H and O–H groups in total. The molecule has 1 fully saturated rings. The average molecular weight is 428 g/mol. The van der Waals surface area contributed by atoms with Gasteiger partial charge in [-0.1, -0.05) is 32.0 Å². The van der Waals surface area contributed by atoms with Crippen LogP contribution in [0.25, 0.3) is 11.1 Å². The predicted molar refractivity (Wildman–Crippen MR) is 117 cm³/mol. The van der Waals surface area contributed by atoms with E-state index in [2.05, 4.69) is 17.1 Å². The highest BCUT2D eigenvalue weighted by Crippen LogP contribution is 2.48. The van der Waals surface area contributed by atoms with E-state index in [1.165, 1.54) is 6.07 Å². The van der Waals surface area contributed by atoms with E-state index in [0.29, 0.717) is 18.7 Å². The molecule has 7 heteroatoms. The van der Waals surface area contributed by atoms with Crippen molar-refractivity contribution in [3.05, 3.63) is 58.3 Å². The number of aliphatic hydroxyl groups is 1. The van der Waals surface area contributed by atoms with E-state index < -0.39 is 11.7 Å². The highest BCUT2D eigenvalue weighted by molar-refractivity contribution is 5.80. The van der Waals surface area contributed by atoms with Crippen LogP contribution in [0.5, 0.6) is 0 Å². The van der Waals surface area contributed by atoms with Crippen molar-refractivity contribution in [3.8, 4) is 11.1 Å². The molecule has 2 bridgehead atoms. The Labute approximate surface area is 181 Å². The summed E-state index contributed by atoms with van der Waals surface area (Å²) in [5, 5.41) is 13.2. The van der Waals surface area contributed by atoms with E-state index in [4.69, 9.17) is 0 Å². The summed E-state index contributed by atoms with van der Waals surface area (Å²) in [5.41, 5.74) is 1.11. The minimum absolute atomic E-state index is 0.0754. The number of nitrogens with one attached hydrogen (secondary N) is 1. The van der Waals surface area contributed by atoms with Crippen molar-refractivity contribution in [2.45, 2.75) is 45.3 Å². The van der Waals surface area contributed by atoms with Gasteiger partial charge in [-0.2, -0.15) is 0 Å². The molecule has 1 aromatic carbocycles. The molecule has 1 amide bonds. The summed E-state index contributed by atoms with van der Waals surface area (Å²) < 4.78 is 16.1. The summed E-state index contributed by atoms with van der Waals surface area (Å²) in [6.07, 6.45) is 1.74. The lowest BCUT2D eigenvalue weighted by Crippen LogP contribution is -2.47. The Morgan fingerprint density at radius 2 is 1.94 bits per heavy atom. The fourth-order valence-electron chi connectivity index (χ4n) is 5.34. The zero-order valence-electron chi connectivity index (χ0n) is 18.1. The second kappa shape index (κ2) is 8.93. The average Bonchev–Trinajstić information content (AvgIpc) is 2.98. The Kier molecular flexibility index (Phi) is 6.25. The molecular formula is C24H30FN3O3. The third kappa shape index (κ3) is 3.59. The number of amides is 1. The maximum atomic E-state index is 14.4. The van der Waals surface area contributed by atoms with E-state index in [1.807, 2.05) is 13.0 Å². The highest BCUT2D eigenvalue weighted by Gasteiger charge is 2.55. The number of pyridine rings is 1. The molecule has 0 radical (unpaired) electrons. The van der Waals surface area contributed by atoms with E-state index in [-0.39, 0.29) is 41.6 Å². The standard InChI is InChI=1S/C24H30FN3O3/c1-3-11-26-23(30)21-17(14-29)20-13-28-19(22(21)27(20)12-4-2)10-9-16(24(28)31)15-7-5-6-8-18(15)25/h5-10,17,20-22,29H,3-4,11-14H2,1-2H3,(H,26,30)/t17-,20-,21+,22+/m1/s1. The van der Waals surface area contributed by atoms with Crippen molar-refractivity contribution >= 4 is 5.91 Å². The first-order valence-electron chi connectivity index (χ1n) is 11.2. The van der Waals surface area contributed by atoms with Gasteiger partial charge in [0.25, 0.3) is 5.56 Å². The Morgan fingerprint density at radius 3 is 2.61 bits per heavy atom. The fourth-order valence-corrected chi connectivity index (χ4v) is 5.34. The van der Waals surface area contributed by atoms with Crippen LogP contribution in [0.4, 0.5) is 4.39 Å². The van der Waals surface area contributed by atoms with Gasteiger partial charge in [0.15, 0.2) is 0 Å². The van der Waals surface area contributed by atoms with Crippen molar-refractivity contribution in [2.24, 2.45) is 11.8 Å². The van der Waals surface area contributed by atoms with Crippen molar-refractivity contribution in [1.29, 1.82) is 0 Å². The molecule has 0 aliphatic carbocycles. The first-order chi connectivity index (χ1) is 15.0. The molecule has 0 saturated carbocycles. The molecule has 2 aromatic rings. The third-order valence-electron chi connectivity index (χ3n) is 6.67. The maximum absolute atomic E-state index is 14.4. The van der Waals surface area contributed by atoms with Gasteiger partial charge in [0, 0.05) is 42.9 Å². The Morgan fingerprint density at radius 1 is 1.16 bits per heavy atom. The van der Waals surface area contributed by atoms with Crippen molar-refractivity contribution in [2.75, 3.05) is 19.7 Å². The van der Waals surface area contributed by atoms with Gasteiger partial charge in [-0.15, -0.1) is 0 Å². The monoisotopic (exact) mass is 427 g/mol. The van der Waals surface area contributed by atoms with Gasteiger partial charge >= 0.3 is 0 Å². The summed E-state index contributed by atoms with van der Waals surface area (Å²) in [5.74, 6) is -1.20. The zero-order valence-corrected chi connectivity index (χ0v) is 18.1. The van der Waals surface area contributed by atoms with Crippen LogP contribution in [0, 0.1) is 17.7 Å². The van der Waals surface area contributed by atoms with Gasteiger partial charge in [0.05, 0.1) is 17.5 Å². The molecule has 166 valence electrons. The third-order valence-corrected chi connectivity index (χ3v) is 6.67. The number of aliphatic hydroxyl groups excluding tert-OH is 1. The number of aromatic nitrogens is 1. The topological polar surface area (TPSA) is 74.6 Å². The SMILES string of the molecule is CCCNC(=O)[C@H]1[C@H](CO)[C@H]2Cn3c(ccc(-c4ccccc4F)c3=O)[C@@H]1N2CCC. The molecule has 0 unspecified atom stereocenters. The molecule has 2 aliphatic rings. The van der Waals surface area contributed by atoms with Crippen LogP contribution in [-0.2, 0) is 11.3 Å². The zero-order chi connectivity index (χ0) is 22.1. The van der Waals surface area contributed by atoms with Gasteiger partial charge < -0.3 is 15.0 Å². The number of nitrogens with zero attached hydrogens (tertiary/aromatic N) is 2. The molecule has 6 nitrogen and oxygen atoms in total. The summed E-state index contributed by atoms with van der Waals surface area (Å²) in [7, 11) is 0. The molecule has 3 heterocycles. The first-order valence-corrected chi connectivity index (χ1v) is 11.2. The van der Waals surface area contributed by atoms with E-state index >= 15 is 0 Å². The second-order valence-electron chi connectivity index (χ2n) is 8.48. The smallest absolute Gasteiger partial charge is 0.258 e. The largest absolute Gasteiger partial charge is 0.396 e. The summed E-state index contributed by atoms with van der Waals surface area (Å²) >= 11 is 0. The number of halogens is 1. The van der Waals surface area contributed by atoms with Gasteiger partial charge in [-0.05, 0) is 37.6 Å². The van der Waals surface area contributed by atoms with Crippen LogP contribution in [0.15, 0.2) is 41.2 Å². The van der Waals surface area contributed by atoms with E-state index in [0.717, 1.165) is 25.1 Å². The summed E-state index contributed by atoms with van der Waals surface area (Å²) in [4.78, 5) is 28.8. The van der Waals surface area contributed by atoms with Crippen LogP contribution in [0.2, 0.25) is 0 Å². The lowest BCUT2D eigenvalue weighted by molar-refractivity contribution is -0.127. The Hall–Kier alpha value is -2.51. The molecular weight excluding hydrogens is 397 g/mol. The number of fused-ring (bicyclic) bond motifs is 4. The summed E-state index contributed by atoms with van der Waals surface area (Å²) in [6, 6.07) is 9.40. The second-order valence-corrected chi connectivity index (χ2v) is 8.48. The Balaban J connectivity index is 1.82. The lowest BCUT2D eigenvalue weighted by Gasteiger charge is -2.38. The van der Waals surface area contributed by atoms with Crippen LogP contribution >= 0.6 is 0 Å². The van der Waals surface area contributed by atoms with Crippen LogP contribution in [0.3, 0.4) is 0 Å². The van der Waals surface area contributed by atoms with Crippen LogP contribution in [0.1, 0.15) is 38.4 Å². The minimum Gasteiger partial charge on any atom is -0.396 e. The predicted octanol–water partition coefficient (Wildman–Crippen LogP) is 2.55. The Bertz CT molecular complexity index is 1020. The molecule has 4 atom stereocenters. The molecule has 31 heavy (non-hydrogen) atoms. The molecule has 1 saturated heterocycles. The van der Waals surface area contributed by atoms with Gasteiger partial charge in [0.1, 0.15) is 5.82 Å². The van der Waals surface area contributed by atoms with Gasteiger partial charge in [0.2, 0.25) is 5.91 Å². The lowest BCUT2D eigenvalue weighted by atomic mass is 9.86. The minimum atomic E-state index is -0.434. The molecule has 0 spiro atoms. The van der Waals surface area contributed by atoms with Crippen LogP contribution in [-0.4, -0.2) is 46.2 Å². The van der Waals surface area contributed by atoms with E-state index in [9.17, 15) is 19.1 Å². The molecule has 4 rings (SSSR count). The maximum Gasteiger partial charge on any atom is 0.258 e. The number of hydrogen-bond acceptors (Lipinski definition) is 4. The quantitative estimate of drug-likeness (QED) is 0.712. The van der Waals surface area contributed by atoms with Gasteiger partial charge in [-0.25, -0.2) is 4.39 Å². The number of carbonyl (C=O) groups is 1. The molecule has 2 aliphatic heterocycles. The number of benzene rings is 1. The van der Waals surface area contributed by atoms with Crippen molar-refractivity contribution < 1.29 is 14.3 Å². The number of carbonyl (C=O) groups excluding carboxylic acids is 1. The molecule has 1 aromatic heterocycles. The fraction of sp³-hybridized carbons (Fsp3) is 0.500. The van der Waals surface area contributed by atoms with Crippen LogP contribution < -0.4 is 10.9 Å². The number of rotatable bonds is 7. The summed E-state index contributed by atoms with van der Waals surface area (Å²) in [6.45, 7) is 5.72. The van der Waals surface area contributed by atoms with E-state index in [1.54, 1.807) is 28.8 Å². The van der Waals surface area contributed by atoms with Crippen molar-refractivity contribution in [1.82, 2.24) is 14.8 Å².